The van der Waals surface area contributed by atoms with E-state index >= 15 is 0 Å². The summed E-state index contributed by atoms with van der Waals surface area (Å²) in [5.41, 5.74) is 0.882. The second kappa shape index (κ2) is 3.63. The Bertz CT molecular complexity index is 321. The molecule has 0 radical (unpaired) electrons. The van der Waals surface area contributed by atoms with E-state index in [1.54, 1.807) is 5.38 Å². The van der Waals surface area contributed by atoms with Gasteiger partial charge in [-0.3, -0.25) is 4.79 Å². The van der Waals surface area contributed by atoms with Gasteiger partial charge < -0.3 is 0 Å². The van der Waals surface area contributed by atoms with Crippen LogP contribution in [0.1, 0.15) is 23.5 Å². The lowest BCUT2D eigenvalue weighted by molar-refractivity contribution is 0.104. The molecule has 1 nitrogen and oxygen atoms in total. The van der Waals surface area contributed by atoms with Gasteiger partial charge in [-0.05, 0) is 31.4 Å². The molecule has 1 aromatic rings. The van der Waals surface area contributed by atoms with Crippen molar-refractivity contribution in [1.82, 2.24) is 0 Å². The molecule has 0 unspecified atom stereocenters. The van der Waals surface area contributed by atoms with Crippen molar-refractivity contribution in [3.63, 3.8) is 0 Å². The Labute approximate surface area is 74.5 Å². The molecule has 0 saturated carbocycles. The van der Waals surface area contributed by atoms with Gasteiger partial charge in [0, 0.05) is 0 Å². The van der Waals surface area contributed by atoms with Crippen molar-refractivity contribution in [2.45, 2.75) is 13.8 Å². The van der Waals surface area contributed by atoms with Crippen molar-refractivity contribution in [1.29, 1.82) is 0 Å². The number of carbonyl (C=O) groups is 1. The number of thiophene rings is 1. The number of carbonyl (C=O) groups excluding carboxylic acids is 1. The summed E-state index contributed by atoms with van der Waals surface area (Å²) in [5.74, 6) is -0.676. The Hall–Kier alpha value is -0.960. The van der Waals surface area contributed by atoms with Crippen LogP contribution in [0.4, 0.5) is 4.39 Å². The molecule has 12 heavy (non-hydrogen) atoms. The first-order valence-electron chi connectivity index (χ1n) is 3.53. The van der Waals surface area contributed by atoms with Gasteiger partial charge in [-0.2, -0.15) is 0 Å². The van der Waals surface area contributed by atoms with Crippen LogP contribution in [0.25, 0.3) is 0 Å². The van der Waals surface area contributed by atoms with Crippen LogP contribution in [-0.4, -0.2) is 5.78 Å². The molecule has 0 aliphatic carbocycles. The minimum absolute atomic E-state index is 0.191. The number of rotatable bonds is 2. The van der Waals surface area contributed by atoms with Crippen LogP contribution in [0.5, 0.6) is 0 Å². The summed E-state index contributed by atoms with van der Waals surface area (Å²) in [6, 6.07) is 1.30. The molecule has 0 aliphatic heterocycles. The summed E-state index contributed by atoms with van der Waals surface area (Å²) in [5, 5.41) is 1.57. The molecule has 0 fully saturated rings. The molecule has 0 bridgehead atoms. The number of hydrogen-bond acceptors (Lipinski definition) is 2. The number of halogens is 1. The Morgan fingerprint density at radius 3 is 2.67 bits per heavy atom. The zero-order valence-corrected chi connectivity index (χ0v) is 7.74. The number of hydrogen-bond donors (Lipinski definition) is 0. The standard InChI is InChI=1S/C9H9FOS/c1-6(2)5-8(11)9-7(10)3-4-12-9/h3-5H,1-2H3. The van der Waals surface area contributed by atoms with Crippen LogP contribution < -0.4 is 0 Å². The van der Waals surface area contributed by atoms with Crippen LogP contribution in [0.15, 0.2) is 23.1 Å². The molecule has 1 heterocycles. The second-order valence-corrected chi connectivity index (χ2v) is 3.60. The first kappa shape index (κ1) is 9.13. The fourth-order valence-electron chi connectivity index (χ4n) is 0.797. The van der Waals surface area contributed by atoms with Crippen molar-refractivity contribution < 1.29 is 9.18 Å². The smallest absolute Gasteiger partial charge is 0.198 e. The third kappa shape index (κ3) is 2.01. The lowest BCUT2D eigenvalue weighted by atomic mass is 10.2. The van der Waals surface area contributed by atoms with Gasteiger partial charge in [-0.25, -0.2) is 4.39 Å². The molecule has 0 aromatic carbocycles. The maximum absolute atomic E-state index is 12.8. The number of ketones is 1. The lowest BCUT2D eigenvalue weighted by Crippen LogP contribution is -1.93. The van der Waals surface area contributed by atoms with E-state index in [4.69, 9.17) is 0 Å². The highest BCUT2D eigenvalue weighted by Gasteiger charge is 2.09. The lowest BCUT2D eigenvalue weighted by Gasteiger charge is -1.90. The summed E-state index contributed by atoms with van der Waals surface area (Å²) in [6.07, 6.45) is 1.44. The Morgan fingerprint density at radius 1 is 1.58 bits per heavy atom. The maximum atomic E-state index is 12.8. The SMILES string of the molecule is CC(C)=CC(=O)c1sccc1F. The van der Waals surface area contributed by atoms with Crippen molar-refractivity contribution in [3.05, 3.63) is 33.8 Å². The average Bonchev–Trinajstić information content (AvgIpc) is 2.33. The van der Waals surface area contributed by atoms with E-state index in [0.29, 0.717) is 0 Å². The Morgan fingerprint density at radius 2 is 2.25 bits per heavy atom. The topological polar surface area (TPSA) is 17.1 Å². The fraction of sp³-hybridized carbons (Fsp3) is 0.222. The van der Waals surface area contributed by atoms with E-state index in [2.05, 4.69) is 0 Å². The van der Waals surface area contributed by atoms with Gasteiger partial charge >= 0.3 is 0 Å². The quantitative estimate of drug-likeness (QED) is 0.510. The summed E-state index contributed by atoms with van der Waals surface area (Å²) < 4.78 is 12.8. The van der Waals surface area contributed by atoms with E-state index < -0.39 is 5.82 Å². The van der Waals surface area contributed by atoms with Gasteiger partial charge in [0.25, 0.3) is 0 Å². The second-order valence-electron chi connectivity index (χ2n) is 2.68. The third-order valence-corrected chi connectivity index (χ3v) is 2.16. The van der Waals surface area contributed by atoms with E-state index in [0.717, 1.165) is 16.9 Å². The zero-order chi connectivity index (χ0) is 9.14. The van der Waals surface area contributed by atoms with E-state index in [1.165, 1.54) is 12.1 Å². The van der Waals surface area contributed by atoms with Crippen LogP contribution in [0, 0.1) is 5.82 Å². The fourth-order valence-corrected chi connectivity index (χ4v) is 1.48. The van der Waals surface area contributed by atoms with Crippen molar-refractivity contribution in [3.8, 4) is 0 Å². The van der Waals surface area contributed by atoms with Gasteiger partial charge in [0.1, 0.15) is 10.7 Å². The van der Waals surface area contributed by atoms with Crippen molar-refractivity contribution in [2.24, 2.45) is 0 Å². The van der Waals surface area contributed by atoms with Crippen molar-refractivity contribution in [2.75, 3.05) is 0 Å². The molecule has 1 rings (SSSR count). The van der Waals surface area contributed by atoms with Crippen molar-refractivity contribution >= 4 is 17.1 Å². The summed E-state index contributed by atoms with van der Waals surface area (Å²) in [7, 11) is 0. The minimum Gasteiger partial charge on any atom is -0.288 e. The Balaban J connectivity index is 2.93. The molecule has 0 amide bonds. The molecule has 0 N–H and O–H groups in total. The largest absolute Gasteiger partial charge is 0.288 e. The van der Waals surface area contributed by atoms with E-state index in [-0.39, 0.29) is 10.7 Å². The third-order valence-electron chi connectivity index (χ3n) is 1.26. The van der Waals surface area contributed by atoms with Crippen LogP contribution >= 0.6 is 11.3 Å². The van der Waals surface area contributed by atoms with Gasteiger partial charge in [0.05, 0.1) is 0 Å². The molecule has 0 atom stereocenters. The minimum atomic E-state index is -0.428. The molecular formula is C9H9FOS. The predicted octanol–water partition coefficient (Wildman–Crippen LogP) is 3.04. The first-order valence-corrected chi connectivity index (χ1v) is 4.41. The highest BCUT2D eigenvalue weighted by molar-refractivity contribution is 7.12. The zero-order valence-electron chi connectivity index (χ0n) is 6.93. The predicted molar refractivity (Wildman–Crippen MR) is 48.0 cm³/mol. The van der Waals surface area contributed by atoms with Gasteiger partial charge in [0.2, 0.25) is 0 Å². The van der Waals surface area contributed by atoms with Crippen LogP contribution in [-0.2, 0) is 0 Å². The van der Waals surface area contributed by atoms with Gasteiger partial charge in [-0.1, -0.05) is 5.57 Å². The van der Waals surface area contributed by atoms with Crippen LogP contribution in [0.3, 0.4) is 0 Å². The van der Waals surface area contributed by atoms with Gasteiger partial charge in [0.15, 0.2) is 5.78 Å². The molecular weight excluding hydrogens is 175 g/mol. The Kier molecular flexibility index (Phi) is 2.76. The summed E-state index contributed by atoms with van der Waals surface area (Å²) >= 11 is 1.13. The summed E-state index contributed by atoms with van der Waals surface area (Å²) in [6.45, 7) is 3.62. The monoisotopic (exact) mass is 184 g/mol. The highest BCUT2D eigenvalue weighted by atomic mass is 32.1. The number of allylic oxidation sites excluding steroid dienone is 2. The van der Waals surface area contributed by atoms with E-state index in [9.17, 15) is 9.18 Å². The maximum Gasteiger partial charge on any atom is 0.198 e. The molecule has 3 heteroatoms. The molecule has 0 spiro atoms. The summed E-state index contributed by atoms with van der Waals surface area (Å²) in [4.78, 5) is 11.4. The van der Waals surface area contributed by atoms with Gasteiger partial charge in [-0.15, -0.1) is 11.3 Å². The van der Waals surface area contributed by atoms with Crippen LogP contribution in [0.2, 0.25) is 0 Å². The molecule has 1 aromatic heterocycles. The molecule has 0 aliphatic rings. The molecule has 64 valence electrons. The van der Waals surface area contributed by atoms with E-state index in [1.807, 2.05) is 13.8 Å². The molecule has 0 saturated heterocycles. The highest BCUT2D eigenvalue weighted by Crippen LogP contribution is 2.16. The first-order chi connectivity index (χ1) is 5.61. The average molecular weight is 184 g/mol. The normalized spacial score (nSPS) is 9.58.